The maximum absolute atomic E-state index is 12.5. The second-order valence-corrected chi connectivity index (χ2v) is 6.10. The minimum absolute atomic E-state index is 0.00812. The van der Waals surface area contributed by atoms with E-state index in [0.717, 1.165) is 25.9 Å². The maximum Gasteiger partial charge on any atom is 0.168 e. The number of carbonyl (C=O) groups is 1. The van der Waals surface area contributed by atoms with Gasteiger partial charge < -0.3 is 14.7 Å². The summed E-state index contributed by atoms with van der Waals surface area (Å²) < 4.78 is 5.52. The van der Waals surface area contributed by atoms with Crippen LogP contribution in [0.25, 0.3) is 0 Å². The monoisotopic (exact) mass is 309 g/mol. The number of Topliss-reactive ketones (excluding diaryl/α,β-unsaturated/α-hetero) is 1. The van der Waals surface area contributed by atoms with E-state index in [2.05, 4.69) is 5.16 Å². The molecule has 1 aliphatic carbocycles. The van der Waals surface area contributed by atoms with Gasteiger partial charge in [-0.3, -0.25) is 4.79 Å². The lowest BCUT2D eigenvalue weighted by Crippen LogP contribution is -2.32. The summed E-state index contributed by atoms with van der Waals surface area (Å²) in [4.78, 5) is 17.7. The second-order valence-electron chi connectivity index (χ2n) is 6.10. The third-order valence-electron chi connectivity index (χ3n) is 4.41. The SMILES string of the molecule is CCC/C(=N/OCC)C1=C(O)CC(C2CCCOC2)CC1=O. The molecule has 1 saturated heterocycles. The van der Waals surface area contributed by atoms with Crippen LogP contribution in [0.4, 0.5) is 0 Å². The molecule has 0 aromatic carbocycles. The predicted molar refractivity (Wildman–Crippen MR) is 84.9 cm³/mol. The summed E-state index contributed by atoms with van der Waals surface area (Å²) in [5.41, 5.74) is 0.980. The van der Waals surface area contributed by atoms with E-state index in [9.17, 15) is 9.90 Å². The van der Waals surface area contributed by atoms with Crippen LogP contribution in [0, 0.1) is 11.8 Å². The van der Waals surface area contributed by atoms with E-state index >= 15 is 0 Å². The fourth-order valence-corrected chi connectivity index (χ4v) is 3.32. The van der Waals surface area contributed by atoms with Crippen LogP contribution in [0.15, 0.2) is 16.5 Å². The molecule has 5 nitrogen and oxygen atoms in total. The average Bonchev–Trinajstić information content (AvgIpc) is 2.52. The van der Waals surface area contributed by atoms with Crippen molar-refractivity contribution in [2.24, 2.45) is 17.0 Å². The number of aliphatic hydroxyl groups excluding tert-OH is 1. The van der Waals surface area contributed by atoms with Crippen LogP contribution in [0.2, 0.25) is 0 Å². The number of rotatable bonds is 6. The molecule has 0 bridgehead atoms. The van der Waals surface area contributed by atoms with E-state index in [1.54, 1.807) is 0 Å². The Hall–Kier alpha value is -1.36. The highest BCUT2D eigenvalue weighted by Gasteiger charge is 2.35. The van der Waals surface area contributed by atoms with Gasteiger partial charge in [0, 0.05) is 26.1 Å². The zero-order chi connectivity index (χ0) is 15.9. The van der Waals surface area contributed by atoms with Crippen molar-refractivity contribution in [3.63, 3.8) is 0 Å². The third-order valence-corrected chi connectivity index (χ3v) is 4.41. The Balaban J connectivity index is 2.15. The van der Waals surface area contributed by atoms with Crippen molar-refractivity contribution in [2.75, 3.05) is 19.8 Å². The molecule has 2 unspecified atom stereocenters. The van der Waals surface area contributed by atoms with E-state index in [0.29, 0.717) is 49.7 Å². The molecule has 2 rings (SSSR count). The second kappa shape index (κ2) is 8.32. The zero-order valence-electron chi connectivity index (χ0n) is 13.6. The number of ether oxygens (including phenoxy) is 1. The van der Waals surface area contributed by atoms with Gasteiger partial charge in [-0.15, -0.1) is 0 Å². The van der Waals surface area contributed by atoms with Crippen molar-refractivity contribution < 1.29 is 19.5 Å². The smallest absolute Gasteiger partial charge is 0.168 e. The number of nitrogens with zero attached hydrogens (tertiary/aromatic N) is 1. The molecular weight excluding hydrogens is 282 g/mol. The van der Waals surface area contributed by atoms with Crippen LogP contribution in [0.3, 0.4) is 0 Å². The van der Waals surface area contributed by atoms with E-state index in [1.807, 2.05) is 13.8 Å². The first-order chi connectivity index (χ1) is 10.7. The minimum Gasteiger partial charge on any atom is -0.511 e. The highest BCUT2D eigenvalue weighted by atomic mass is 16.6. The van der Waals surface area contributed by atoms with Gasteiger partial charge in [0.1, 0.15) is 12.4 Å². The Bertz CT molecular complexity index is 450. The first kappa shape index (κ1) is 17.0. The van der Waals surface area contributed by atoms with Crippen LogP contribution in [0.1, 0.15) is 52.4 Å². The lowest BCUT2D eigenvalue weighted by Gasteiger charge is -2.32. The summed E-state index contributed by atoms with van der Waals surface area (Å²) >= 11 is 0. The molecule has 1 N–H and O–H groups in total. The summed E-state index contributed by atoms with van der Waals surface area (Å²) in [7, 11) is 0. The number of carbonyl (C=O) groups excluding carboxylic acids is 1. The van der Waals surface area contributed by atoms with Gasteiger partial charge in [0.05, 0.1) is 11.3 Å². The van der Waals surface area contributed by atoms with Crippen molar-refractivity contribution in [1.82, 2.24) is 0 Å². The highest BCUT2D eigenvalue weighted by Crippen LogP contribution is 2.35. The minimum atomic E-state index is -0.00812. The molecule has 2 aliphatic rings. The maximum atomic E-state index is 12.5. The molecule has 1 heterocycles. The average molecular weight is 309 g/mol. The van der Waals surface area contributed by atoms with E-state index in [1.165, 1.54) is 0 Å². The van der Waals surface area contributed by atoms with Gasteiger partial charge in [-0.25, -0.2) is 0 Å². The lowest BCUT2D eigenvalue weighted by atomic mass is 9.76. The van der Waals surface area contributed by atoms with Gasteiger partial charge in [0.15, 0.2) is 5.78 Å². The Morgan fingerprint density at radius 1 is 1.36 bits per heavy atom. The van der Waals surface area contributed by atoms with Crippen LogP contribution < -0.4 is 0 Å². The molecule has 0 radical (unpaired) electrons. The molecule has 1 fully saturated rings. The van der Waals surface area contributed by atoms with Crippen LogP contribution >= 0.6 is 0 Å². The molecule has 5 heteroatoms. The van der Waals surface area contributed by atoms with Gasteiger partial charge in [-0.2, -0.15) is 0 Å². The standard InChI is InChI=1S/C17H27NO4/c1-3-6-14(18-22-4-2)17-15(19)9-13(10-16(17)20)12-7-5-8-21-11-12/h12-13,19H,3-11H2,1-2H3/b18-14-. The zero-order valence-corrected chi connectivity index (χ0v) is 13.6. The van der Waals surface area contributed by atoms with Crippen molar-refractivity contribution in [1.29, 1.82) is 0 Å². The number of allylic oxidation sites excluding steroid dienone is 2. The van der Waals surface area contributed by atoms with Crippen molar-refractivity contribution in [3.8, 4) is 0 Å². The number of oxime groups is 1. The first-order valence-electron chi connectivity index (χ1n) is 8.39. The number of hydrogen-bond donors (Lipinski definition) is 1. The number of ketones is 1. The van der Waals surface area contributed by atoms with Gasteiger partial charge in [-0.1, -0.05) is 18.5 Å². The van der Waals surface area contributed by atoms with Gasteiger partial charge >= 0.3 is 0 Å². The topological polar surface area (TPSA) is 68.1 Å². The Morgan fingerprint density at radius 2 is 2.18 bits per heavy atom. The molecule has 0 amide bonds. The van der Waals surface area contributed by atoms with Crippen molar-refractivity contribution >= 4 is 11.5 Å². The molecule has 0 aromatic rings. The summed E-state index contributed by atoms with van der Waals surface area (Å²) in [6.07, 6.45) is 4.64. The van der Waals surface area contributed by atoms with Gasteiger partial charge in [0.25, 0.3) is 0 Å². The Kier molecular flexibility index (Phi) is 6.43. The number of aliphatic hydroxyl groups is 1. The van der Waals surface area contributed by atoms with Crippen LogP contribution in [0.5, 0.6) is 0 Å². The Labute approximate surface area is 132 Å². The number of hydrogen-bond acceptors (Lipinski definition) is 5. The molecule has 124 valence electrons. The van der Waals surface area contributed by atoms with E-state index < -0.39 is 0 Å². The molecule has 2 atom stereocenters. The van der Waals surface area contributed by atoms with Crippen molar-refractivity contribution in [3.05, 3.63) is 11.3 Å². The summed E-state index contributed by atoms with van der Waals surface area (Å²) in [5, 5.41) is 14.5. The third kappa shape index (κ3) is 4.09. The van der Waals surface area contributed by atoms with Crippen LogP contribution in [-0.4, -0.2) is 36.4 Å². The largest absolute Gasteiger partial charge is 0.511 e. The quantitative estimate of drug-likeness (QED) is 0.603. The fraction of sp³-hybridized carbons (Fsp3) is 0.765. The molecule has 0 saturated carbocycles. The van der Waals surface area contributed by atoms with Gasteiger partial charge in [-0.05, 0) is 38.0 Å². The van der Waals surface area contributed by atoms with Crippen LogP contribution in [-0.2, 0) is 14.4 Å². The molecule has 0 aromatic heterocycles. The first-order valence-corrected chi connectivity index (χ1v) is 8.39. The molecule has 1 aliphatic heterocycles. The summed E-state index contributed by atoms with van der Waals surface area (Å²) in [6, 6.07) is 0. The summed E-state index contributed by atoms with van der Waals surface area (Å²) in [6.45, 7) is 5.84. The summed E-state index contributed by atoms with van der Waals surface area (Å²) in [5.74, 6) is 0.733. The molecular formula is C17H27NO4. The highest BCUT2D eigenvalue weighted by molar-refractivity contribution is 6.23. The lowest BCUT2D eigenvalue weighted by molar-refractivity contribution is -0.117. The predicted octanol–water partition coefficient (Wildman–Crippen LogP) is 3.40. The molecule has 0 spiro atoms. The fourth-order valence-electron chi connectivity index (χ4n) is 3.32. The van der Waals surface area contributed by atoms with E-state index in [-0.39, 0.29) is 17.5 Å². The normalized spacial score (nSPS) is 27.2. The van der Waals surface area contributed by atoms with Crippen molar-refractivity contribution in [2.45, 2.75) is 52.4 Å². The van der Waals surface area contributed by atoms with Gasteiger partial charge in [0.2, 0.25) is 0 Å². The van der Waals surface area contributed by atoms with E-state index in [4.69, 9.17) is 9.57 Å². The molecule has 22 heavy (non-hydrogen) atoms. The Morgan fingerprint density at radius 3 is 2.77 bits per heavy atom.